The summed E-state index contributed by atoms with van der Waals surface area (Å²) in [5.41, 5.74) is -0.0340. The monoisotopic (exact) mass is 313 g/mol. The number of benzene rings is 1. The Morgan fingerprint density at radius 2 is 1.95 bits per heavy atom. The molecule has 1 N–H and O–H groups in total. The first-order valence-corrected chi connectivity index (χ1v) is 7.70. The van der Waals surface area contributed by atoms with Crippen molar-refractivity contribution in [2.45, 2.75) is 11.1 Å². The predicted octanol–water partition coefficient (Wildman–Crippen LogP) is 0.395. The minimum atomic E-state index is -3.55. The van der Waals surface area contributed by atoms with Gasteiger partial charge in [-0.1, -0.05) is 18.2 Å². The lowest BCUT2D eigenvalue weighted by Crippen LogP contribution is -2.34. The van der Waals surface area contributed by atoms with E-state index in [0.29, 0.717) is 0 Å². The molecule has 1 aliphatic rings. The molecule has 0 bridgehead atoms. The van der Waals surface area contributed by atoms with Gasteiger partial charge in [0.05, 0.1) is 19.1 Å². The number of methoxy groups -OCH3 is 2. The number of sulfone groups is 1. The first-order chi connectivity index (χ1) is 9.97. The lowest BCUT2D eigenvalue weighted by Gasteiger charge is -2.12. The third-order valence-corrected chi connectivity index (χ3v) is 4.54. The fourth-order valence-corrected chi connectivity index (χ4v) is 3.15. The zero-order valence-electron chi connectivity index (χ0n) is 11.5. The van der Waals surface area contributed by atoms with E-state index in [1.165, 1.54) is 26.4 Å². The zero-order valence-corrected chi connectivity index (χ0v) is 12.3. The van der Waals surface area contributed by atoms with E-state index in [2.05, 4.69) is 10.1 Å². The summed E-state index contributed by atoms with van der Waals surface area (Å²) in [4.78, 5) is 11.7. The largest absolute Gasteiger partial charge is 0.467 e. The first-order valence-electron chi connectivity index (χ1n) is 6.05. The Morgan fingerprint density at radius 1 is 1.29 bits per heavy atom. The molecule has 0 saturated heterocycles. The number of ether oxygens (including phenoxy) is 3. The second-order valence-electron chi connectivity index (χ2n) is 4.20. The summed E-state index contributed by atoms with van der Waals surface area (Å²) in [6.45, 7) is 0. The number of carbonyl (C=O) groups excluding carboxylic acids is 1. The Labute approximate surface area is 122 Å². The fourth-order valence-electron chi connectivity index (χ4n) is 1.83. The Kier molecular flexibility index (Phi) is 4.37. The number of nitrogens with one attached hydrogen (secondary N) is 1. The van der Waals surface area contributed by atoms with Crippen molar-refractivity contribution in [2.24, 2.45) is 0 Å². The van der Waals surface area contributed by atoms with Crippen LogP contribution in [0.4, 0.5) is 0 Å². The van der Waals surface area contributed by atoms with Gasteiger partial charge in [0.1, 0.15) is 5.75 Å². The van der Waals surface area contributed by atoms with E-state index in [0.717, 1.165) is 0 Å². The lowest BCUT2D eigenvalue weighted by molar-refractivity contribution is -0.136. The third-order valence-electron chi connectivity index (χ3n) is 2.81. The molecule has 1 aromatic carbocycles. The van der Waals surface area contributed by atoms with Gasteiger partial charge < -0.3 is 19.5 Å². The van der Waals surface area contributed by atoms with E-state index >= 15 is 0 Å². The van der Waals surface area contributed by atoms with Crippen LogP contribution in [-0.4, -0.2) is 40.6 Å². The maximum Gasteiger partial charge on any atom is 0.361 e. The van der Waals surface area contributed by atoms with Gasteiger partial charge in [-0.05, 0) is 12.1 Å². The summed E-state index contributed by atoms with van der Waals surface area (Å²) in [5.74, 6) is -1.12. The van der Waals surface area contributed by atoms with Crippen LogP contribution in [0.15, 0.2) is 46.9 Å². The van der Waals surface area contributed by atoms with Crippen LogP contribution in [-0.2, 0) is 28.8 Å². The van der Waals surface area contributed by atoms with E-state index in [1.807, 2.05) is 0 Å². The lowest BCUT2D eigenvalue weighted by atomic mass is 10.4. The Bertz CT molecular complexity index is 652. The SMILES string of the molecule is COC(=O)C1=C(OC)OC(CS(=O)(=O)c2ccccc2)N1. The van der Waals surface area contributed by atoms with Crippen molar-refractivity contribution >= 4 is 15.8 Å². The minimum absolute atomic E-state index is 0.0340. The van der Waals surface area contributed by atoms with Crippen molar-refractivity contribution in [1.29, 1.82) is 0 Å². The van der Waals surface area contributed by atoms with Crippen LogP contribution in [0, 0.1) is 0 Å². The molecule has 114 valence electrons. The smallest absolute Gasteiger partial charge is 0.361 e. The third kappa shape index (κ3) is 3.27. The highest BCUT2D eigenvalue weighted by atomic mass is 32.2. The van der Waals surface area contributed by atoms with Gasteiger partial charge in [0.25, 0.3) is 0 Å². The highest BCUT2D eigenvalue weighted by molar-refractivity contribution is 7.91. The van der Waals surface area contributed by atoms with Crippen LogP contribution in [0.3, 0.4) is 0 Å². The molecule has 7 nitrogen and oxygen atoms in total. The minimum Gasteiger partial charge on any atom is -0.467 e. The van der Waals surface area contributed by atoms with Crippen LogP contribution in [0.2, 0.25) is 0 Å². The normalized spacial score (nSPS) is 17.9. The second-order valence-corrected chi connectivity index (χ2v) is 6.24. The van der Waals surface area contributed by atoms with E-state index in [-0.39, 0.29) is 22.3 Å². The molecule has 0 radical (unpaired) electrons. The predicted molar refractivity (Wildman–Crippen MR) is 72.6 cm³/mol. The van der Waals surface area contributed by atoms with Gasteiger partial charge in [-0.25, -0.2) is 13.2 Å². The fraction of sp³-hybridized carbons (Fsp3) is 0.308. The average molecular weight is 313 g/mol. The van der Waals surface area contributed by atoms with Gasteiger partial charge in [0.2, 0.25) is 5.70 Å². The van der Waals surface area contributed by atoms with Crippen molar-refractivity contribution in [2.75, 3.05) is 20.0 Å². The van der Waals surface area contributed by atoms with Crippen molar-refractivity contribution in [1.82, 2.24) is 5.32 Å². The van der Waals surface area contributed by atoms with E-state index in [4.69, 9.17) is 9.47 Å². The molecule has 0 aromatic heterocycles. The summed E-state index contributed by atoms with van der Waals surface area (Å²) in [7, 11) is -1.03. The summed E-state index contributed by atoms with van der Waals surface area (Å²) >= 11 is 0. The molecule has 1 unspecified atom stereocenters. The molecule has 1 atom stereocenters. The van der Waals surface area contributed by atoms with Crippen LogP contribution in [0.25, 0.3) is 0 Å². The molecule has 0 aliphatic carbocycles. The molecule has 0 fully saturated rings. The quantitative estimate of drug-likeness (QED) is 0.786. The summed E-state index contributed by atoms with van der Waals surface area (Å²) in [5, 5.41) is 2.65. The van der Waals surface area contributed by atoms with Gasteiger partial charge in [-0.15, -0.1) is 0 Å². The maximum atomic E-state index is 12.2. The second kappa shape index (κ2) is 6.04. The summed E-state index contributed by atoms with van der Waals surface area (Å²) in [6.07, 6.45) is -0.917. The van der Waals surface area contributed by atoms with Crippen LogP contribution in [0.5, 0.6) is 0 Å². The molecular weight excluding hydrogens is 298 g/mol. The van der Waals surface area contributed by atoms with Gasteiger partial charge in [0.15, 0.2) is 16.1 Å². The van der Waals surface area contributed by atoms with Gasteiger partial charge >= 0.3 is 11.9 Å². The molecule has 0 spiro atoms. The summed E-state index contributed by atoms with van der Waals surface area (Å²) in [6, 6.07) is 7.98. The topological polar surface area (TPSA) is 90.9 Å². The molecule has 0 saturated carbocycles. The van der Waals surface area contributed by atoms with Crippen molar-refractivity contribution in [3.8, 4) is 0 Å². The van der Waals surface area contributed by atoms with Crippen molar-refractivity contribution < 1.29 is 27.4 Å². The molecule has 1 aliphatic heterocycles. The zero-order chi connectivity index (χ0) is 15.5. The van der Waals surface area contributed by atoms with Gasteiger partial charge in [-0.3, -0.25) is 0 Å². The van der Waals surface area contributed by atoms with Crippen molar-refractivity contribution in [3.63, 3.8) is 0 Å². The maximum absolute atomic E-state index is 12.2. The number of esters is 1. The average Bonchev–Trinajstić information content (AvgIpc) is 2.89. The van der Waals surface area contributed by atoms with Crippen LogP contribution >= 0.6 is 0 Å². The summed E-state index contributed by atoms with van der Waals surface area (Å²) < 4.78 is 39.2. The molecule has 8 heteroatoms. The first kappa shape index (κ1) is 15.2. The van der Waals surface area contributed by atoms with E-state index in [1.54, 1.807) is 18.2 Å². The Balaban J connectivity index is 2.12. The van der Waals surface area contributed by atoms with Crippen molar-refractivity contribution in [3.05, 3.63) is 42.0 Å². The molecule has 1 heterocycles. The standard InChI is InChI=1S/C13H15NO6S/c1-18-12(15)11-13(19-2)20-10(14-11)8-21(16,17)9-6-4-3-5-7-9/h3-7,10,14H,8H2,1-2H3. The molecule has 21 heavy (non-hydrogen) atoms. The van der Waals surface area contributed by atoms with Gasteiger partial charge in [-0.2, -0.15) is 0 Å². The van der Waals surface area contributed by atoms with Crippen LogP contribution in [0.1, 0.15) is 0 Å². The number of rotatable bonds is 5. The molecule has 0 amide bonds. The molecule has 1 aromatic rings. The van der Waals surface area contributed by atoms with E-state index < -0.39 is 22.0 Å². The number of hydrogen-bond donors (Lipinski definition) is 1. The Hall–Kier alpha value is -2.22. The van der Waals surface area contributed by atoms with Crippen LogP contribution < -0.4 is 5.32 Å². The molecule has 2 rings (SSSR count). The number of hydrogen-bond acceptors (Lipinski definition) is 7. The molecular formula is C13H15NO6S. The highest BCUT2D eigenvalue weighted by Gasteiger charge is 2.34. The van der Waals surface area contributed by atoms with E-state index in [9.17, 15) is 13.2 Å². The van der Waals surface area contributed by atoms with Gasteiger partial charge in [0, 0.05) is 0 Å². The number of carbonyl (C=O) groups is 1. The highest BCUT2D eigenvalue weighted by Crippen LogP contribution is 2.20. The Morgan fingerprint density at radius 3 is 2.52 bits per heavy atom.